The number of nitrogens with zero attached hydrogens (tertiary/aromatic N) is 1. The zero-order valence-electron chi connectivity index (χ0n) is 17.4. The molecule has 0 unspecified atom stereocenters. The van der Waals surface area contributed by atoms with E-state index in [9.17, 15) is 14.0 Å². The summed E-state index contributed by atoms with van der Waals surface area (Å²) in [6, 6.07) is 8.68. The van der Waals surface area contributed by atoms with Crippen molar-refractivity contribution in [2.45, 2.75) is 18.9 Å². The first kappa shape index (κ1) is 22.8. The Morgan fingerprint density at radius 3 is 2.35 bits per heavy atom. The van der Waals surface area contributed by atoms with E-state index in [0.717, 1.165) is 12.8 Å². The van der Waals surface area contributed by atoms with Gasteiger partial charge in [0.25, 0.3) is 5.91 Å². The van der Waals surface area contributed by atoms with Gasteiger partial charge < -0.3 is 20.1 Å². The highest BCUT2D eigenvalue weighted by atomic mass is 35.5. The molecular weight excluding hydrogens is 425 g/mol. The van der Waals surface area contributed by atoms with Gasteiger partial charge in [0.15, 0.2) is 0 Å². The number of carbonyl (C=O) groups is 2. The number of carbonyl (C=O) groups excluding carboxylic acids is 2. The lowest BCUT2D eigenvalue weighted by atomic mass is 10.0. The maximum absolute atomic E-state index is 13.0. The smallest absolute Gasteiger partial charge is 0.251 e. The quantitative estimate of drug-likeness (QED) is 0.677. The topological polar surface area (TPSA) is 79.9 Å². The van der Waals surface area contributed by atoms with Gasteiger partial charge in [-0.3, -0.25) is 14.5 Å². The molecule has 1 fully saturated rings. The normalized spacial score (nSPS) is 14.7. The molecule has 0 bridgehead atoms. The number of nitrogens with one attached hydrogen (secondary N) is 2. The molecule has 0 saturated carbocycles. The van der Waals surface area contributed by atoms with Gasteiger partial charge in [-0.25, -0.2) is 4.39 Å². The average molecular weight is 450 g/mol. The maximum atomic E-state index is 13.0. The van der Waals surface area contributed by atoms with Crippen molar-refractivity contribution in [1.29, 1.82) is 0 Å². The first-order valence-electron chi connectivity index (χ1n) is 9.89. The molecule has 166 valence electrons. The lowest BCUT2D eigenvalue weighted by molar-refractivity contribution is -0.117. The van der Waals surface area contributed by atoms with Crippen LogP contribution >= 0.6 is 11.6 Å². The molecule has 1 saturated heterocycles. The zero-order valence-corrected chi connectivity index (χ0v) is 18.2. The molecule has 2 N–H and O–H groups in total. The molecule has 0 aliphatic carbocycles. The summed E-state index contributed by atoms with van der Waals surface area (Å²) >= 11 is 6.10. The number of amides is 2. The summed E-state index contributed by atoms with van der Waals surface area (Å²) in [6.45, 7) is 1.55. The van der Waals surface area contributed by atoms with E-state index in [2.05, 4.69) is 10.6 Å². The number of anilines is 1. The van der Waals surface area contributed by atoms with E-state index in [0.29, 0.717) is 40.9 Å². The molecule has 0 radical (unpaired) electrons. The average Bonchev–Trinajstić information content (AvgIpc) is 2.76. The fourth-order valence-corrected chi connectivity index (χ4v) is 3.69. The van der Waals surface area contributed by atoms with Crippen molar-refractivity contribution in [3.05, 3.63) is 52.8 Å². The minimum Gasteiger partial charge on any atom is -0.495 e. The second-order valence-corrected chi connectivity index (χ2v) is 7.67. The number of likely N-dealkylation sites (tertiary alicyclic amines) is 1. The summed E-state index contributed by atoms with van der Waals surface area (Å²) in [5.41, 5.74) is 0.908. The third-order valence-corrected chi connectivity index (χ3v) is 5.44. The van der Waals surface area contributed by atoms with Gasteiger partial charge in [0.05, 0.1) is 31.5 Å². The Balaban J connectivity index is 1.49. The number of methoxy groups -OCH3 is 2. The van der Waals surface area contributed by atoms with Crippen LogP contribution in [0.15, 0.2) is 36.4 Å². The highest BCUT2D eigenvalue weighted by molar-refractivity contribution is 6.32. The molecule has 1 aliphatic heterocycles. The molecule has 0 spiro atoms. The van der Waals surface area contributed by atoms with Crippen LogP contribution in [0.25, 0.3) is 0 Å². The monoisotopic (exact) mass is 449 g/mol. The van der Waals surface area contributed by atoms with Crippen molar-refractivity contribution >= 4 is 29.1 Å². The summed E-state index contributed by atoms with van der Waals surface area (Å²) in [7, 11) is 3.00. The second-order valence-electron chi connectivity index (χ2n) is 7.27. The Bertz CT molecular complexity index is 931. The summed E-state index contributed by atoms with van der Waals surface area (Å²) in [4.78, 5) is 26.8. The number of halogens is 2. The molecule has 2 aromatic carbocycles. The van der Waals surface area contributed by atoms with Crippen LogP contribution in [-0.2, 0) is 4.79 Å². The third kappa shape index (κ3) is 6.08. The van der Waals surface area contributed by atoms with Gasteiger partial charge in [-0.2, -0.15) is 0 Å². The van der Waals surface area contributed by atoms with Crippen LogP contribution in [0.1, 0.15) is 23.2 Å². The number of piperidine rings is 1. The van der Waals surface area contributed by atoms with Crippen molar-refractivity contribution < 1.29 is 23.5 Å². The predicted octanol–water partition coefficient (Wildman–Crippen LogP) is 3.33. The Morgan fingerprint density at radius 1 is 1.10 bits per heavy atom. The van der Waals surface area contributed by atoms with Crippen LogP contribution in [-0.4, -0.2) is 56.6 Å². The van der Waals surface area contributed by atoms with Gasteiger partial charge in [0, 0.05) is 36.8 Å². The number of hydrogen-bond donors (Lipinski definition) is 2. The Morgan fingerprint density at radius 2 is 1.74 bits per heavy atom. The van der Waals surface area contributed by atoms with Crippen LogP contribution in [0.5, 0.6) is 11.5 Å². The van der Waals surface area contributed by atoms with Gasteiger partial charge in [0.1, 0.15) is 17.3 Å². The van der Waals surface area contributed by atoms with Gasteiger partial charge >= 0.3 is 0 Å². The third-order valence-electron chi connectivity index (χ3n) is 5.14. The van der Waals surface area contributed by atoms with E-state index in [-0.39, 0.29) is 30.2 Å². The van der Waals surface area contributed by atoms with Gasteiger partial charge in [0.2, 0.25) is 5.91 Å². The summed E-state index contributed by atoms with van der Waals surface area (Å²) in [6.07, 6.45) is 1.44. The first-order chi connectivity index (χ1) is 14.9. The standard InChI is InChI=1S/C22H25ClFN3O4/c1-30-19-12-18(20(31-2)11-17(19)23)26-21(28)13-27-9-7-16(8-10-27)25-22(29)14-3-5-15(24)6-4-14/h3-6,11-12,16H,7-10,13H2,1-2H3,(H,25,29)(H,26,28). The lowest BCUT2D eigenvalue weighted by Gasteiger charge is -2.31. The minimum atomic E-state index is -0.377. The molecular formula is C22H25ClFN3O4. The predicted molar refractivity (Wildman–Crippen MR) is 117 cm³/mol. The van der Waals surface area contributed by atoms with Crippen LogP contribution in [0, 0.1) is 5.82 Å². The number of rotatable bonds is 7. The minimum absolute atomic E-state index is 0.0116. The zero-order chi connectivity index (χ0) is 22.4. The van der Waals surface area contributed by atoms with Crippen LogP contribution in [0.3, 0.4) is 0 Å². The fraction of sp³-hybridized carbons (Fsp3) is 0.364. The molecule has 0 atom stereocenters. The van der Waals surface area contributed by atoms with Gasteiger partial charge in [-0.15, -0.1) is 0 Å². The highest BCUT2D eigenvalue weighted by Crippen LogP contribution is 2.35. The van der Waals surface area contributed by atoms with Crippen molar-refractivity contribution in [1.82, 2.24) is 10.2 Å². The summed E-state index contributed by atoms with van der Waals surface area (Å²) < 4.78 is 23.5. The molecule has 2 amide bonds. The molecule has 0 aromatic heterocycles. The molecule has 3 rings (SSSR count). The van der Waals surface area contributed by atoms with Crippen molar-refractivity contribution in [2.24, 2.45) is 0 Å². The number of ether oxygens (including phenoxy) is 2. The first-order valence-corrected chi connectivity index (χ1v) is 10.3. The highest BCUT2D eigenvalue weighted by Gasteiger charge is 2.23. The molecule has 2 aromatic rings. The van der Waals surface area contributed by atoms with Crippen molar-refractivity contribution in [3.63, 3.8) is 0 Å². The molecule has 1 heterocycles. The summed E-state index contributed by atoms with van der Waals surface area (Å²) in [5, 5.41) is 6.20. The Kier molecular flexibility index (Phi) is 7.70. The SMILES string of the molecule is COc1cc(NC(=O)CN2CCC(NC(=O)c3ccc(F)cc3)CC2)c(OC)cc1Cl. The molecule has 31 heavy (non-hydrogen) atoms. The van der Waals surface area contributed by atoms with Crippen molar-refractivity contribution in [3.8, 4) is 11.5 Å². The Labute approximate surface area is 185 Å². The van der Waals surface area contributed by atoms with E-state index in [1.165, 1.54) is 38.5 Å². The van der Waals surface area contributed by atoms with E-state index >= 15 is 0 Å². The van der Waals surface area contributed by atoms with E-state index in [4.69, 9.17) is 21.1 Å². The van der Waals surface area contributed by atoms with Crippen molar-refractivity contribution in [2.75, 3.05) is 39.2 Å². The largest absolute Gasteiger partial charge is 0.495 e. The van der Waals surface area contributed by atoms with Crippen LogP contribution in [0.4, 0.5) is 10.1 Å². The fourth-order valence-electron chi connectivity index (χ4n) is 3.46. The van der Waals surface area contributed by atoms with Gasteiger partial charge in [-0.1, -0.05) is 11.6 Å². The van der Waals surface area contributed by atoms with Crippen LogP contribution < -0.4 is 20.1 Å². The lowest BCUT2D eigenvalue weighted by Crippen LogP contribution is -2.46. The second kappa shape index (κ2) is 10.5. The number of hydrogen-bond acceptors (Lipinski definition) is 5. The molecule has 7 nitrogen and oxygen atoms in total. The number of benzene rings is 2. The van der Waals surface area contributed by atoms with E-state index < -0.39 is 0 Å². The van der Waals surface area contributed by atoms with Gasteiger partial charge in [-0.05, 0) is 37.1 Å². The van der Waals surface area contributed by atoms with Crippen LogP contribution in [0.2, 0.25) is 5.02 Å². The maximum Gasteiger partial charge on any atom is 0.251 e. The Hall–Kier alpha value is -2.84. The molecule has 9 heteroatoms. The summed E-state index contributed by atoms with van der Waals surface area (Å²) in [5.74, 6) is 0.103. The van der Waals surface area contributed by atoms with E-state index in [1.807, 2.05) is 4.90 Å². The van der Waals surface area contributed by atoms with E-state index in [1.54, 1.807) is 12.1 Å². The molecule has 1 aliphatic rings.